The van der Waals surface area contributed by atoms with Crippen LogP contribution in [-0.4, -0.2) is 120 Å². The predicted molar refractivity (Wildman–Crippen MR) is 265 cm³/mol. The molecule has 4 aromatic carbocycles. The van der Waals surface area contributed by atoms with Crippen LogP contribution >= 0.6 is 0 Å². The van der Waals surface area contributed by atoms with Crippen LogP contribution in [0.15, 0.2) is 101 Å². The first-order chi connectivity index (χ1) is 37.0. The average molecular weight is 1320 g/mol. The first-order valence-electron chi connectivity index (χ1n) is 23.0. The summed E-state index contributed by atoms with van der Waals surface area (Å²) >= 11 is -5.74. The summed E-state index contributed by atoms with van der Waals surface area (Å²) in [6.45, 7) is 12.0. The van der Waals surface area contributed by atoms with Crippen molar-refractivity contribution < 1.29 is 149 Å². The molecule has 2 aliphatic heterocycles. The van der Waals surface area contributed by atoms with Gasteiger partial charge in [-0.05, 0) is 126 Å². The van der Waals surface area contributed by atoms with Crippen LogP contribution in [0.1, 0.15) is 106 Å². The quantitative estimate of drug-likeness (QED) is 0.0203. The zero-order valence-electron chi connectivity index (χ0n) is 43.5. The number of alkyl halides is 8. The molecule has 22 nitrogen and oxygen atoms in total. The number of rotatable bonds is 18. The van der Waals surface area contributed by atoms with Gasteiger partial charge in [0.2, 0.25) is 3.22 Å². The Labute approximate surface area is 468 Å². The van der Waals surface area contributed by atoms with Gasteiger partial charge in [0.15, 0.2) is 0 Å². The van der Waals surface area contributed by atoms with E-state index in [9.17, 15) is 88.6 Å². The number of benzene rings is 4. The van der Waals surface area contributed by atoms with Crippen molar-refractivity contribution in [2.75, 3.05) is 13.1 Å². The van der Waals surface area contributed by atoms with E-state index >= 15 is 0 Å². The Morgan fingerprint density at radius 3 is 1.01 bits per heavy atom. The van der Waals surface area contributed by atoms with E-state index in [0.717, 1.165) is 36.4 Å². The van der Waals surface area contributed by atoms with Gasteiger partial charge in [0, 0.05) is 30.1 Å². The Hall–Kier alpha value is -4.41. The number of carbonyl (C=O) groups is 2. The summed E-state index contributed by atoms with van der Waals surface area (Å²) in [7, 11) is -15.2. The molecule has 0 amide bonds. The molecule has 6 rings (SSSR count). The molecule has 448 valence electrons. The fourth-order valence-electron chi connectivity index (χ4n) is 7.15. The number of carboxylic acids is 2. The molecule has 0 aromatic heterocycles. The number of carboxylic acid groups (broad SMARTS) is 2. The van der Waals surface area contributed by atoms with E-state index in [4.69, 9.17) is 29.0 Å². The standard InChI is InChI=1S/C28H35B2F4NO7S.C16H15B2F4NO7S.HIO6.2H2/c1-25(2)26(3,4)40-29(39-25)18-9-16(23(31)32)11-20(13-18)43(38,35-15-22(36)37)21-12-17(24(33)34)10-19(14-21)30-41-27(5,6)28(7,8)42-30;19-15(20)8-1-10(17(26)27)5-12(3-8)31(30,23-7-14(24)25)13-4-9(16(21)22)2-11(6-13)18(28)29;2-1(3,4)6-7-5;;/h9-14,23-24H,15H2,1-8H3,(H,36,37);1-6,15-16,26-29H,7H2,(H,24,25);5H;2*1H. The third kappa shape index (κ3) is 17.4. The first kappa shape index (κ1) is 69.1. The molecule has 81 heavy (non-hydrogen) atoms. The Balaban J connectivity index is 0.000000516. The van der Waals surface area contributed by atoms with E-state index in [1.807, 2.05) is 0 Å². The van der Waals surface area contributed by atoms with Crippen LogP contribution < -0.4 is 52.3 Å². The number of hydrogen-bond acceptors (Lipinski definition) is 20. The van der Waals surface area contributed by atoms with E-state index in [2.05, 4.69) is 17.0 Å². The van der Waals surface area contributed by atoms with Gasteiger partial charge in [-0.2, -0.15) is 0 Å². The van der Waals surface area contributed by atoms with Gasteiger partial charge >= 0.3 is 60.5 Å². The van der Waals surface area contributed by atoms with Crippen molar-refractivity contribution in [2.45, 2.75) is 123 Å². The highest BCUT2D eigenvalue weighted by molar-refractivity contribution is 7.94. The summed E-state index contributed by atoms with van der Waals surface area (Å²) in [5.41, 5.74) is -6.98. The van der Waals surface area contributed by atoms with E-state index in [1.54, 1.807) is 55.4 Å². The predicted octanol–water partition coefficient (Wildman–Crippen LogP) is -1.18. The van der Waals surface area contributed by atoms with Crippen LogP contribution in [-0.2, 0) is 55.9 Å². The minimum atomic E-state index is -5.74. The molecule has 7 N–H and O–H groups in total. The zero-order chi connectivity index (χ0) is 61.8. The third-order valence-corrected chi connectivity index (χ3v) is 17.7. The highest BCUT2D eigenvalue weighted by atomic mass is 127. The van der Waals surface area contributed by atoms with E-state index in [0.29, 0.717) is 24.3 Å². The molecule has 0 atom stereocenters. The van der Waals surface area contributed by atoms with Crippen LogP contribution in [0.2, 0.25) is 0 Å². The van der Waals surface area contributed by atoms with Crippen molar-refractivity contribution in [1.29, 1.82) is 0 Å². The fraction of sp³-hybridized carbons (Fsp3) is 0.409. The van der Waals surface area contributed by atoms with Crippen molar-refractivity contribution in [2.24, 2.45) is 8.73 Å². The summed E-state index contributed by atoms with van der Waals surface area (Å²) < 4.78 is 200. The largest absolute Gasteiger partial charge is 0.494 e. The van der Waals surface area contributed by atoms with Crippen LogP contribution in [0.25, 0.3) is 0 Å². The van der Waals surface area contributed by atoms with Gasteiger partial charge in [-0.3, -0.25) is 19.9 Å². The Morgan fingerprint density at radius 1 is 0.543 bits per heavy atom. The SMILES string of the molecule is CC1(C)OB(c2cc(C(F)F)cc(S(=O)(=NCC(=O)O)c3cc(B4OC(C)(C)C(C)(C)O4)cc(C(F)F)c3)c2)OC1(C)C.O=C(O)CN=S(=O)(c1cc(B(O)O)cc(C(F)F)c1)c1cc(B(O)O)cc(C(F)F)c1.[HH].[HH].[O-][I+3]([O-])([O-])OOO. The highest BCUT2D eigenvalue weighted by Gasteiger charge is 2.53. The molecule has 2 heterocycles. The maximum Gasteiger partial charge on any atom is 0.494 e. The lowest BCUT2D eigenvalue weighted by Crippen LogP contribution is -4.24. The lowest BCUT2D eigenvalue weighted by Gasteiger charge is -2.32. The van der Waals surface area contributed by atoms with Crippen molar-refractivity contribution in [1.82, 2.24) is 0 Å². The van der Waals surface area contributed by atoms with Crippen LogP contribution in [0.3, 0.4) is 0 Å². The highest BCUT2D eigenvalue weighted by Crippen LogP contribution is 2.40. The van der Waals surface area contributed by atoms with Gasteiger partial charge in [-0.25, -0.2) is 57.5 Å². The number of aliphatic carboxylic acids is 2. The Kier molecular flexibility index (Phi) is 22.7. The molecule has 2 saturated heterocycles. The average Bonchev–Trinajstić information content (AvgIpc) is 3.73. The van der Waals surface area contributed by atoms with Crippen LogP contribution in [0, 0.1) is 0 Å². The second-order valence-electron chi connectivity index (χ2n) is 19.4. The van der Waals surface area contributed by atoms with Gasteiger partial charge in [0.1, 0.15) is 32.5 Å². The maximum absolute atomic E-state index is 14.8. The molecule has 0 aliphatic carbocycles. The van der Waals surface area contributed by atoms with Gasteiger partial charge < -0.3 is 48.9 Å². The molecule has 0 bridgehead atoms. The molecule has 37 heteroatoms. The topological polar surface area (TPSA) is 359 Å². The second-order valence-corrected chi connectivity index (χ2v) is 26.4. The maximum atomic E-state index is 14.8. The molecule has 0 unspecified atom stereocenters. The minimum Gasteiger partial charge on any atom is -0.480 e. The Morgan fingerprint density at radius 2 is 0.802 bits per heavy atom. The molecule has 4 aromatic rings. The number of nitrogens with zero attached hydrogens (tertiary/aromatic N) is 2. The summed E-state index contributed by atoms with van der Waals surface area (Å²) in [5.74, 6) is -3.03. The zero-order valence-corrected chi connectivity index (χ0v) is 47.3. The van der Waals surface area contributed by atoms with E-state index < -0.39 is 184 Å². The lowest BCUT2D eigenvalue weighted by atomic mass is 9.78. The molecule has 0 spiro atoms. The molecule has 2 aliphatic rings. The fourth-order valence-corrected chi connectivity index (χ4v) is 11.4. The van der Waals surface area contributed by atoms with Crippen molar-refractivity contribution >= 4 is 81.7 Å². The molecule has 0 radical (unpaired) electrons. The smallest absolute Gasteiger partial charge is 0.480 e. The van der Waals surface area contributed by atoms with E-state index in [-0.39, 0.29) is 23.6 Å². The monoisotopic (exact) mass is 1320 g/mol. The summed E-state index contributed by atoms with van der Waals surface area (Å²) in [4.78, 5) is 20.7. The van der Waals surface area contributed by atoms with Crippen LogP contribution in [0.5, 0.6) is 0 Å². The van der Waals surface area contributed by atoms with Gasteiger partial charge in [-0.15, -0.1) is 0 Å². The van der Waals surface area contributed by atoms with Gasteiger partial charge in [-0.1, -0.05) is 24.3 Å². The van der Waals surface area contributed by atoms with E-state index in [1.165, 1.54) is 12.1 Å². The molecule has 0 saturated carbocycles. The Bertz CT molecular complexity index is 2950. The normalized spacial score (nSPS) is 16.5. The molecular weight excluding hydrogens is 1260 g/mol. The molecular formula is C44H55B4F8IN2O20S2. The second kappa shape index (κ2) is 26.7. The molecule has 2 fully saturated rings. The van der Waals surface area contributed by atoms with Crippen molar-refractivity contribution in [3.05, 3.63) is 95.1 Å². The minimum absolute atomic E-state index is 0. The number of hydrogen-bond donors (Lipinski definition) is 7. The summed E-state index contributed by atoms with van der Waals surface area (Å²) in [5, 5.41) is 65.5. The summed E-state index contributed by atoms with van der Waals surface area (Å²) in [6.07, 6.45) is -12.4. The lowest BCUT2D eigenvalue weighted by molar-refractivity contribution is -1.93. The van der Waals surface area contributed by atoms with Crippen molar-refractivity contribution in [3.8, 4) is 0 Å². The number of halogens is 9. The van der Waals surface area contributed by atoms with Gasteiger partial charge in [0.25, 0.3) is 25.7 Å². The van der Waals surface area contributed by atoms with Crippen molar-refractivity contribution in [3.63, 3.8) is 0 Å². The summed E-state index contributed by atoms with van der Waals surface area (Å²) in [6, 6.07) is 11.0. The third-order valence-electron chi connectivity index (χ3n) is 12.6. The van der Waals surface area contributed by atoms with Crippen LogP contribution in [0.4, 0.5) is 35.1 Å². The first-order valence-corrected chi connectivity index (χ1v) is 29.5. The van der Waals surface area contributed by atoms with Gasteiger partial charge in [0.05, 0.1) is 42.0 Å².